The molecule has 0 unspecified atom stereocenters. The van der Waals surface area contributed by atoms with Gasteiger partial charge in [-0.3, -0.25) is 4.68 Å². The highest BCUT2D eigenvalue weighted by Crippen LogP contribution is 2.35. The average Bonchev–Trinajstić information content (AvgIpc) is 2.74. The Bertz CT molecular complexity index is 619. The van der Waals surface area contributed by atoms with Gasteiger partial charge in [0.1, 0.15) is 0 Å². The first-order valence-corrected chi connectivity index (χ1v) is 6.35. The molecule has 2 N–H and O–H groups in total. The molecule has 20 heavy (non-hydrogen) atoms. The van der Waals surface area contributed by atoms with Crippen LogP contribution < -0.4 is 15.4 Å². The fourth-order valence-electron chi connectivity index (χ4n) is 1.61. The summed E-state index contributed by atoms with van der Waals surface area (Å²) in [5, 5.41) is 9.82. The number of amides is 2. The van der Waals surface area contributed by atoms with Crippen LogP contribution in [0, 0.1) is 0 Å². The molecule has 1 aromatic carbocycles. The van der Waals surface area contributed by atoms with E-state index in [1.54, 1.807) is 30.1 Å². The van der Waals surface area contributed by atoms with Crippen molar-refractivity contribution in [2.75, 3.05) is 17.7 Å². The van der Waals surface area contributed by atoms with Crippen LogP contribution in [0.5, 0.6) is 5.75 Å². The van der Waals surface area contributed by atoms with E-state index in [1.165, 1.54) is 13.3 Å². The van der Waals surface area contributed by atoms with Crippen LogP contribution in [0.2, 0.25) is 10.0 Å². The highest BCUT2D eigenvalue weighted by molar-refractivity contribution is 6.37. The summed E-state index contributed by atoms with van der Waals surface area (Å²) in [6.07, 6.45) is 3.21. The van der Waals surface area contributed by atoms with Gasteiger partial charge < -0.3 is 15.4 Å². The lowest BCUT2D eigenvalue weighted by atomic mass is 10.3. The summed E-state index contributed by atoms with van der Waals surface area (Å²) in [5.74, 6) is 0.367. The fraction of sp³-hybridized carbons (Fsp3) is 0.167. The number of carbonyl (C=O) groups is 1. The van der Waals surface area contributed by atoms with Crippen LogP contribution in [-0.2, 0) is 7.05 Å². The van der Waals surface area contributed by atoms with E-state index in [0.29, 0.717) is 27.2 Å². The number of nitrogens with zero attached hydrogens (tertiary/aromatic N) is 2. The molecule has 6 nitrogen and oxygen atoms in total. The van der Waals surface area contributed by atoms with Crippen molar-refractivity contribution in [2.24, 2.45) is 7.05 Å². The number of anilines is 2. The van der Waals surface area contributed by atoms with Crippen molar-refractivity contribution in [3.63, 3.8) is 0 Å². The molecule has 2 rings (SSSR count). The summed E-state index contributed by atoms with van der Waals surface area (Å²) in [4.78, 5) is 11.8. The van der Waals surface area contributed by atoms with Crippen molar-refractivity contribution in [1.29, 1.82) is 0 Å². The monoisotopic (exact) mass is 314 g/mol. The number of hydrogen-bond donors (Lipinski definition) is 2. The van der Waals surface area contributed by atoms with Crippen molar-refractivity contribution in [3.8, 4) is 5.75 Å². The summed E-state index contributed by atoms with van der Waals surface area (Å²) in [6, 6.07) is 2.68. The molecule has 0 fully saturated rings. The summed E-state index contributed by atoms with van der Waals surface area (Å²) < 4.78 is 6.61. The van der Waals surface area contributed by atoms with Gasteiger partial charge in [0.25, 0.3) is 0 Å². The number of benzene rings is 1. The van der Waals surface area contributed by atoms with Crippen LogP contribution in [-0.4, -0.2) is 22.9 Å². The zero-order valence-electron chi connectivity index (χ0n) is 10.8. The molecule has 0 aliphatic carbocycles. The summed E-state index contributed by atoms with van der Waals surface area (Å²) in [7, 11) is 3.22. The van der Waals surface area contributed by atoms with Crippen molar-refractivity contribution >= 4 is 40.6 Å². The van der Waals surface area contributed by atoms with Crippen LogP contribution >= 0.6 is 23.2 Å². The molecule has 106 valence electrons. The zero-order chi connectivity index (χ0) is 14.7. The summed E-state index contributed by atoms with van der Waals surface area (Å²) in [5.41, 5.74) is 1.04. The van der Waals surface area contributed by atoms with Crippen molar-refractivity contribution in [3.05, 3.63) is 34.6 Å². The van der Waals surface area contributed by atoms with Gasteiger partial charge in [-0.05, 0) is 12.1 Å². The smallest absolute Gasteiger partial charge is 0.323 e. The van der Waals surface area contributed by atoms with Crippen molar-refractivity contribution in [2.45, 2.75) is 0 Å². The lowest BCUT2D eigenvalue weighted by Crippen LogP contribution is -2.19. The molecule has 2 aromatic rings. The van der Waals surface area contributed by atoms with Gasteiger partial charge >= 0.3 is 6.03 Å². The molecule has 1 heterocycles. The highest BCUT2D eigenvalue weighted by atomic mass is 35.5. The quantitative estimate of drug-likeness (QED) is 0.912. The fourth-order valence-corrected chi connectivity index (χ4v) is 2.25. The molecule has 0 radical (unpaired) electrons. The van der Waals surface area contributed by atoms with E-state index < -0.39 is 6.03 Å². The molecule has 1 aromatic heterocycles. The van der Waals surface area contributed by atoms with Crippen molar-refractivity contribution < 1.29 is 9.53 Å². The standard InChI is InChI=1S/C12H12Cl2N4O2/c1-18-6-8(5-15-18)17-12(19)16-7-3-9(13)11(20-2)10(14)4-7/h3-6H,1-2H3,(H2,16,17,19). The van der Waals surface area contributed by atoms with E-state index in [1.807, 2.05) is 0 Å². The second-order valence-electron chi connectivity index (χ2n) is 3.95. The van der Waals surface area contributed by atoms with Crippen LogP contribution in [0.1, 0.15) is 0 Å². The normalized spacial score (nSPS) is 10.2. The number of nitrogens with one attached hydrogen (secondary N) is 2. The molecule has 0 bridgehead atoms. The predicted molar refractivity (Wildman–Crippen MR) is 78.9 cm³/mol. The maximum absolute atomic E-state index is 11.8. The zero-order valence-corrected chi connectivity index (χ0v) is 12.3. The van der Waals surface area contributed by atoms with E-state index in [4.69, 9.17) is 27.9 Å². The predicted octanol–water partition coefficient (Wildman–Crippen LogP) is 3.38. The van der Waals surface area contributed by atoms with E-state index in [9.17, 15) is 4.79 Å². The Kier molecular flexibility index (Phi) is 4.36. The van der Waals surface area contributed by atoms with E-state index in [-0.39, 0.29) is 0 Å². The van der Waals surface area contributed by atoms with Crippen LogP contribution in [0.25, 0.3) is 0 Å². The third kappa shape index (κ3) is 3.34. The Morgan fingerprint density at radius 1 is 1.25 bits per heavy atom. The van der Waals surface area contributed by atoms with Gasteiger partial charge in [0.2, 0.25) is 0 Å². The summed E-state index contributed by atoms with van der Waals surface area (Å²) >= 11 is 12.0. The number of aryl methyl sites for hydroxylation is 1. The largest absolute Gasteiger partial charge is 0.494 e. The second kappa shape index (κ2) is 6.02. The number of ether oxygens (including phenoxy) is 1. The first-order valence-electron chi connectivity index (χ1n) is 5.59. The number of urea groups is 1. The maximum atomic E-state index is 11.8. The molecule has 2 amide bonds. The molecular weight excluding hydrogens is 303 g/mol. The topological polar surface area (TPSA) is 68.2 Å². The van der Waals surface area contributed by atoms with Gasteiger partial charge in [0, 0.05) is 18.9 Å². The molecular formula is C12H12Cl2N4O2. The Morgan fingerprint density at radius 3 is 2.35 bits per heavy atom. The van der Waals surface area contributed by atoms with E-state index >= 15 is 0 Å². The molecule has 0 aliphatic rings. The minimum absolute atomic E-state index is 0.316. The lowest BCUT2D eigenvalue weighted by molar-refractivity contribution is 0.262. The Balaban J connectivity index is 2.08. The maximum Gasteiger partial charge on any atom is 0.323 e. The van der Waals surface area contributed by atoms with E-state index in [2.05, 4.69) is 15.7 Å². The Labute approximate surface area is 125 Å². The number of aromatic nitrogens is 2. The van der Waals surface area contributed by atoms with Gasteiger partial charge in [-0.2, -0.15) is 5.10 Å². The van der Waals surface area contributed by atoms with Crippen LogP contribution in [0.4, 0.5) is 16.2 Å². The number of carbonyl (C=O) groups excluding carboxylic acids is 1. The number of methoxy groups -OCH3 is 1. The molecule has 0 spiro atoms. The SMILES string of the molecule is COc1c(Cl)cc(NC(=O)Nc2cnn(C)c2)cc1Cl. The van der Waals surface area contributed by atoms with Gasteiger partial charge in [-0.25, -0.2) is 4.79 Å². The average molecular weight is 315 g/mol. The molecule has 8 heteroatoms. The first-order chi connectivity index (χ1) is 9.49. The minimum Gasteiger partial charge on any atom is -0.494 e. The number of halogens is 2. The van der Waals surface area contributed by atoms with Gasteiger partial charge in [0.05, 0.1) is 29.0 Å². The highest BCUT2D eigenvalue weighted by Gasteiger charge is 2.10. The Morgan fingerprint density at radius 2 is 1.85 bits per heavy atom. The van der Waals surface area contributed by atoms with E-state index in [0.717, 1.165) is 0 Å². The molecule has 0 aliphatic heterocycles. The lowest BCUT2D eigenvalue weighted by Gasteiger charge is -2.10. The second-order valence-corrected chi connectivity index (χ2v) is 4.77. The molecule has 0 saturated carbocycles. The summed E-state index contributed by atoms with van der Waals surface area (Å²) in [6.45, 7) is 0. The Hall–Kier alpha value is -1.92. The third-order valence-corrected chi connectivity index (χ3v) is 2.98. The number of rotatable bonds is 3. The minimum atomic E-state index is -0.421. The van der Waals surface area contributed by atoms with Gasteiger partial charge in [-0.15, -0.1) is 0 Å². The number of hydrogen-bond acceptors (Lipinski definition) is 3. The van der Waals surface area contributed by atoms with Crippen molar-refractivity contribution in [1.82, 2.24) is 9.78 Å². The van der Waals surface area contributed by atoms with Gasteiger partial charge in [0.15, 0.2) is 5.75 Å². The van der Waals surface area contributed by atoms with Gasteiger partial charge in [-0.1, -0.05) is 23.2 Å². The third-order valence-electron chi connectivity index (χ3n) is 2.42. The van der Waals surface area contributed by atoms with Crippen LogP contribution in [0.3, 0.4) is 0 Å². The first kappa shape index (κ1) is 14.5. The molecule has 0 atom stereocenters. The molecule has 0 saturated heterocycles. The van der Waals surface area contributed by atoms with Crippen LogP contribution in [0.15, 0.2) is 24.5 Å².